The Balaban J connectivity index is 1.60. The molecule has 1 fully saturated rings. The number of amides is 2. The van der Waals surface area contributed by atoms with Crippen molar-refractivity contribution in [3.63, 3.8) is 0 Å². The highest BCUT2D eigenvalue weighted by Gasteiger charge is 2.48. The molecule has 6 atom stereocenters. The normalized spacial score (nSPS) is 27.1. The zero-order valence-electron chi connectivity index (χ0n) is 27.5. The van der Waals surface area contributed by atoms with E-state index in [0.29, 0.717) is 5.75 Å². The van der Waals surface area contributed by atoms with Crippen LogP contribution >= 0.6 is 0 Å². The number of cyclic esters (lactones) is 2. The lowest BCUT2D eigenvalue weighted by molar-refractivity contribution is -0.179. The summed E-state index contributed by atoms with van der Waals surface area (Å²) in [6.07, 6.45) is 1.55. The van der Waals surface area contributed by atoms with Gasteiger partial charge < -0.3 is 29.6 Å². The van der Waals surface area contributed by atoms with Gasteiger partial charge >= 0.3 is 11.9 Å². The first-order chi connectivity index (χ1) is 21.9. The third kappa shape index (κ3) is 9.42. The first kappa shape index (κ1) is 34.7. The maximum atomic E-state index is 13.6. The number of epoxide rings is 1. The van der Waals surface area contributed by atoms with E-state index >= 15 is 0 Å². The van der Waals surface area contributed by atoms with Crippen molar-refractivity contribution in [2.24, 2.45) is 17.3 Å². The SMILES string of the molecule is COc1ccc(C[C@H]2NC(=O)/C=C/C[C@@H]([C@H](C)[C@@H]3O[C@H]3c3ccccc3)OC(=O)[C@H](CC(C)C)OC(=O)C(C)(C)CNC2=O)cc1. The Labute approximate surface area is 271 Å². The van der Waals surface area contributed by atoms with Crippen LogP contribution in [0.1, 0.15) is 64.7 Å². The van der Waals surface area contributed by atoms with Crippen molar-refractivity contribution in [3.8, 4) is 5.75 Å². The average molecular weight is 635 g/mol. The van der Waals surface area contributed by atoms with Gasteiger partial charge in [-0.25, -0.2) is 4.79 Å². The zero-order valence-corrected chi connectivity index (χ0v) is 27.5. The Hall–Kier alpha value is -4.18. The summed E-state index contributed by atoms with van der Waals surface area (Å²) in [6, 6.07) is 16.1. The summed E-state index contributed by atoms with van der Waals surface area (Å²) in [6.45, 7) is 9.00. The monoisotopic (exact) mass is 634 g/mol. The smallest absolute Gasteiger partial charge is 0.347 e. The Kier molecular flexibility index (Phi) is 11.6. The summed E-state index contributed by atoms with van der Waals surface area (Å²) < 4.78 is 23.1. The first-order valence-electron chi connectivity index (χ1n) is 15.9. The van der Waals surface area contributed by atoms with Gasteiger partial charge in [0.1, 0.15) is 24.0 Å². The van der Waals surface area contributed by atoms with Crippen LogP contribution in [-0.2, 0) is 39.8 Å². The molecule has 1 saturated heterocycles. The molecule has 0 spiro atoms. The molecule has 2 N–H and O–H groups in total. The summed E-state index contributed by atoms with van der Waals surface area (Å²) in [7, 11) is 1.57. The molecule has 2 aromatic carbocycles. The predicted molar refractivity (Wildman–Crippen MR) is 172 cm³/mol. The highest BCUT2D eigenvalue weighted by atomic mass is 16.6. The third-order valence-corrected chi connectivity index (χ3v) is 8.35. The lowest BCUT2D eigenvalue weighted by Gasteiger charge is -2.29. The third-order valence-electron chi connectivity index (χ3n) is 8.35. The molecular weight excluding hydrogens is 588 g/mol. The Bertz CT molecular complexity index is 1390. The van der Waals surface area contributed by atoms with Gasteiger partial charge in [-0.15, -0.1) is 0 Å². The molecule has 0 saturated carbocycles. The lowest BCUT2D eigenvalue weighted by atomic mass is 9.92. The summed E-state index contributed by atoms with van der Waals surface area (Å²) >= 11 is 0. The van der Waals surface area contributed by atoms with Crippen molar-refractivity contribution >= 4 is 23.8 Å². The van der Waals surface area contributed by atoms with E-state index in [4.69, 9.17) is 18.9 Å². The maximum Gasteiger partial charge on any atom is 0.347 e. The molecule has 46 heavy (non-hydrogen) atoms. The van der Waals surface area contributed by atoms with Crippen molar-refractivity contribution in [1.82, 2.24) is 10.6 Å². The van der Waals surface area contributed by atoms with Crippen molar-refractivity contribution in [1.29, 1.82) is 0 Å². The van der Waals surface area contributed by atoms with E-state index in [0.717, 1.165) is 11.1 Å². The molecule has 10 heteroatoms. The van der Waals surface area contributed by atoms with E-state index in [1.54, 1.807) is 39.2 Å². The minimum absolute atomic E-state index is 0.0335. The van der Waals surface area contributed by atoms with Gasteiger partial charge in [-0.3, -0.25) is 14.4 Å². The summed E-state index contributed by atoms with van der Waals surface area (Å²) in [5.41, 5.74) is 0.672. The number of methoxy groups -OCH3 is 1. The number of hydrogen-bond donors (Lipinski definition) is 2. The van der Waals surface area contributed by atoms with E-state index in [1.807, 2.05) is 63.2 Å². The van der Waals surface area contributed by atoms with Gasteiger partial charge in [0.25, 0.3) is 0 Å². The molecule has 0 bridgehead atoms. The topological polar surface area (TPSA) is 133 Å². The van der Waals surface area contributed by atoms with Crippen molar-refractivity contribution < 1.29 is 38.1 Å². The van der Waals surface area contributed by atoms with Gasteiger partial charge in [0, 0.05) is 25.3 Å². The minimum Gasteiger partial charge on any atom is -0.497 e. The van der Waals surface area contributed by atoms with Gasteiger partial charge in [0.2, 0.25) is 11.8 Å². The molecule has 0 radical (unpaired) electrons. The number of hydrogen-bond acceptors (Lipinski definition) is 8. The summed E-state index contributed by atoms with van der Waals surface area (Å²) in [5, 5.41) is 5.58. The Morgan fingerprint density at radius 2 is 1.65 bits per heavy atom. The number of nitrogens with one attached hydrogen (secondary N) is 2. The Morgan fingerprint density at radius 3 is 2.30 bits per heavy atom. The molecule has 2 aliphatic heterocycles. The quantitative estimate of drug-likeness (QED) is 0.321. The standard InChI is InChI=1S/C36H46N2O8/c1-22(2)19-29-34(41)44-28(23(3)31-32(46-31)25-11-8-7-9-12-25)13-10-14-30(39)38-27(20-24-15-17-26(43-6)18-16-24)33(40)37-21-36(4,5)35(42)45-29/h7-12,14-18,22-23,27-29,31-32H,13,19-21H2,1-6H3,(H,37,40)(H,38,39)/b14-10+/t23-,27+,28-,29-,31-,32-/m0/s1. The minimum atomic E-state index is -1.17. The van der Waals surface area contributed by atoms with E-state index in [-0.39, 0.29) is 49.9 Å². The first-order valence-corrected chi connectivity index (χ1v) is 15.9. The van der Waals surface area contributed by atoms with Crippen molar-refractivity contribution in [2.75, 3.05) is 13.7 Å². The van der Waals surface area contributed by atoms with Crippen LogP contribution in [0, 0.1) is 17.3 Å². The number of ether oxygens (including phenoxy) is 4. The highest BCUT2D eigenvalue weighted by Crippen LogP contribution is 2.45. The molecule has 2 aliphatic rings. The lowest BCUT2D eigenvalue weighted by Crippen LogP contribution is -2.51. The molecule has 0 aliphatic carbocycles. The summed E-state index contributed by atoms with van der Waals surface area (Å²) in [5.74, 6) is -1.75. The molecule has 0 aromatic heterocycles. The van der Waals surface area contributed by atoms with Crippen molar-refractivity contribution in [2.45, 2.75) is 84.3 Å². The fraction of sp³-hybridized carbons (Fsp3) is 0.500. The zero-order chi connectivity index (χ0) is 33.4. The van der Waals surface area contributed by atoms with Gasteiger partial charge in [-0.2, -0.15) is 0 Å². The van der Waals surface area contributed by atoms with Gasteiger partial charge in [0.15, 0.2) is 6.10 Å². The number of carbonyl (C=O) groups is 4. The van der Waals surface area contributed by atoms with Crippen LogP contribution in [0.25, 0.3) is 0 Å². The summed E-state index contributed by atoms with van der Waals surface area (Å²) in [4.78, 5) is 53.4. The van der Waals surface area contributed by atoms with E-state index < -0.39 is 47.4 Å². The largest absolute Gasteiger partial charge is 0.497 e. The van der Waals surface area contributed by atoms with Crippen molar-refractivity contribution in [3.05, 3.63) is 77.9 Å². The number of esters is 2. The van der Waals surface area contributed by atoms with Crippen LogP contribution in [0.3, 0.4) is 0 Å². The predicted octanol–water partition coefficient (Wildman–Crippen LogP) is 4.47. The number of rotatable bonds is 8. The average Bonchev–Trinajstić information content (AvgIpc) is 3.83. The number of carbonyl (C=O) groups excluding carboxylic acids is 4. The van der Waals surface area contributed by atoms with E-state index in [9.17, 15) is 19.2 Å². The van der Waals surface area contributed by atoms with Crippen LogP contribution in [-0.4, -0.2) is 61.8 Å². The van der Waals surface area contributed by atoms with Crippen LogP contribution in [0.4, 0.5) is 0 Å². The molecule has 2 heterocycles. The van der Waals surface area contributed by atoms with E-state index in [2.05, 4.69) is 10.6 Å². The maximum absolute atomic E-state index is 13.6. The van der Waals surface area contributed by atoms with Gasteiger partial charge in [0.05, 0.1) is 18.6 Å². The number of benzene rings is 2. The van der Waals surface area contributed by atoms with E-state index in [1.165, 1.54) is 6.08 Å². The molecule has 4 rings (SSSR count). The molecular formula is C36H46N2O8. The highest BCUT2D eigenvalue weighted by molar-refractivity contribution is 5.93. The second-order valence-electron chi connectivity index (χ2n) is 13.1. The fourth-order valence-electron chi connectivity index (χ4n) is 5.39. The molecule has 0 unspecified atom stereocenters. The molecule has 248 valence electrons. The molecule has 2 amide bonds. The fourth-order valence-corrected chi connectivity index (χ4v) is 5.39. The van der Waals surface area contributed by atoms with Crippen LogP contribution in [0.5, 0.6) is 5.75 Å². The van der Waals surface area contributed by atoms with Crippen LogP contribution < -0.4 is 15.4 Å². The van der Waals surface area contributed by atoms with Gasteiger partial charge in [-0.05, 0) is 55.5 Å². The molecule has 2 aromatic rings. The van der Waals surface area contributed by atoms with Gasteiger partial charge in [-0.1, -0.05) is 69.3 Å². The Morgan fingerprint density at radius 1 is 0.957 bits per heavy atom. The van der Waals surface area contributed by atoms with Crippen LogP contribution in [0.2, 0.25) is 0 Å². The molecule has 10 nitrogen and oxygen atoms in total. The van der Waals surface area contributed by atoms with Crippen LogP contribution in [0.15, 0.2) is 66.7 Å². The second kappa shape index (κ2) is 15.4. The second-order valence-corrected chi connectivity index (χ2v) is 13.1.